The molecule has 7 nitrogen and oxygen atoms in total. The summed E-state index contributed by atoms with van der Waals surface area (Å²) in [6.07, 6.45) is 0.805. The zero-order chi connectivity index (χ0) is 14.7. The number of carbonyl (C=O) groups excluding carboxylic acids is 2. The first-order valence-corrected chi connectivity index (χ1v) is 6.38. The number of carboxylic acid groups (broad SMARTS) is 1. The third-order valence-corrected chi connectivity index (χ3v) is 3.07. The Bertz CT molecular complexity index is 537. The Labute approximate surface area is 115 Å². The zero-order valence-corrected chi connectivity index (χ0v) is 11.2. The van der Waals surface area contributed by atoms with Crippen LogP contribution in [0.2, 0.25) is 0 Å². The minimum Gasteiger partial charge on any atom is -0.475 e. The van der Waals surface area contributed by atoms with Crippen LogP contribution in [0.1, 0.15) is 29.7 Å². The average Bonchev–Trinajstić information content (AvgIpc) is 2.84. The molecule has 0 aliphatic carbocycles. The molecule has 0 saturated carbocycles. The molecule has 2 heterocycles. The minimum atomic E-state index is -1.16. The molecule has 1 saturated heterocycles. The van der Waals surface area contributed by atoms with E-state index in [1.54, 1.807) is 0 Å². The van der Waals surface area contributed by atoms with E-state index in [-0.39, 0.29) is 37.2 Å². The lowest BCUT2D eigenvalue weighted by molar-refractivity contribution is -0.150. The lowest BCUT2D eigenvalue weighted by atomic mass is 10.2. The summed E-state index contributed by atoms with van der Waals surface area (Å²) >= 11 is 0. The molecule has 0 unspecified atom stereocenters. The van der Waals surface area contributed by atoms with Crippen LogP contribution in [-0.4, -0.2) is 52.3 Å². The van der Waals surface area contributed by atoms with Crippen LogP contribution in [0, 0.1) is 0 Å². The Balaban J connectivity index is 2.01. The number of hydrogen-bond acceptors (Lipinski definition) is 4. The van der Waals surface area contributed by atoms with Gasteiger partial charge in [0.25, 0.3) is 0 Å². The number of furan rings is 1. The smallest absolute Gasteiger partial charge is 0.371 e. The molecule has 20 heavy (non-hydrogen) atoms. The number of rotatable bonds is 5. The minimum absolute atomic E-state index is 0.00192. The molecule has 0 aromatic carbocycles. The maximum Gasteiger partial charge on any atom is 0.371 e. The third kappa shape index (κ3) is 2.98. The van der Waals surface area contributed by atoms with Gasteiger partial charge in [0.2, 0.25) is 17.6 Å². The van der Waals surface area contributed by atoms with Gasteiger partial charge in [-0.1, -0.05) is 6.92 Å². The van der Waals surface area contributed by atoms with Crippen molar-refractivity contribution in [2.75, 3.05) is 19.6 Å². The first-order valence-electron chi connectivity index (χ1n) is 6.38. The fourth-order valence-electron chi connectivity index (χ4n) is 2.09. The summed E-state index contributed by atoms with van der Waals surface area (Å²) in [5.41, 5.74) is 0. The summed E-state index contributed by atoms with van der Waals surface area (Å²) in [7, 11) is 0. The molecule has 0 atom stereocenters. The highest BCUT2D eigenvalue weighted by Gasteiger charge is 2.29. The van der Waals surface area contributed by atoms with Crippen molar-refractivity contribution in [1.29, 1.82) is 0 Å². The Hall–Kier alpha value is -2.31. The molecular weight excluding hydrogens is 264 g/mol. The van der Waals surface area contributed by atoms with Gasteiger partial charge in [-0.2, -0.15) is 0 Å². The van der Waals surface area contributed by atoms with Gasteiger partial charge in [-0.3, -0.25) is 9.59 Å². The fourth-order valence-corrected chi connectivity index (χ4v) is 2.09. The second kappa shape index (κ2) is 5.77. The monoisotopic (exact) mass is 280 g/mol. The fraction of sp³-hybridized carbons (Fsp3) is 0.462. The van der Waals surface area contributed by atoms with Crippen LogP contribution in [-0.2, 0) is 16.1 Å². The van der Waals surface area contributed by atoms with Crippen molar-refractivity contribution in [2.24, 2.45) is 0 Å². The van der Waals surface area contributed by atoms with Crippen molar-refractivity contribution < 1.29 is 23.9 Å². The maximum atomic E-state index is 11.9. The molecule has 2 amide bonds. The number of hydrogen-bond donors (Lipinski definition) is 1. The Morgan fingerprint density at radius 2 is 1.90 bits per heavy atom. The number of carboxylic acids is 1. The highest BCUT2D eigenvalue weighted by atomic mass is 16.4. The molecular formula is C13H16N2O5. The largest absolute Gasteiger partial charge is 0.475 e. The number of piperazine rings is 1. The van der Waals surface area contributed by atoms with E-state index in [2.05, 4.69) is 0 Å². The van der Waals surface area contributed by atoms with Gasteiger partial charge < -0.3 is 19.3 Å². The number of amides is 2. The van der Waals surface area contributed by atoms with E-state index in [0.29, 0.717) is 12.3 Å². The zero-order valence-electron chi connectivity index (χ0n) is 11.2. The standard InChI is InChI=1S/C13H16N2O5/c1-2-5-14-7-12(17)15(8-11(14)16)6-9-3-4-10(20-9)13(18)19/h3-4H,2,5-8H2,1H3,(H,18,19). The van der Waals surface area contributed by atoms with E-state index in [0.717, 1.165) is 6.42 Å². The predicted octanol–water partition coefficient (Wildman–Crippen LogP) is 0.559. The highest BCUT2D eigenvalue weighted by molar-refractivity contribution is 5.92. The Morgan fingerprint density at radius 1 is 1.25 bits per heavy atom. The summed E-state index contributed by atoms with van der Waals surface area (Å²) in [5.74, 6) is -1.25. The molecule has 1 aromatic heterocycles. The second-order valence-corrected chi connectivity index (χ2v) is 4.64. The van der Waals surface area contributed by atoms with Crippen LogP contribution in [0.15, 0.2) is 16.5 Å². The van der Waals surface area contributed by atoms with E-state index in [4.69, 9.17) is 9.52 Å². The van der Waals surface area contributed by atoms with Crippen molar-refractivity contribution in [1.82, 2.24) is 9.80 Å². The van der Waals surface area contributed by atoms with Crippen LogP contribution >= 0.6 is 0 Å². The summed E-state index contributed by atoms with van der Waals surface area (Å²) in [4.78, 5) is 37.4. The predicted molar refractivity (Wildman–Crippen MR) is 68.0 cm³/mol. The van der Waals surface area contributed by atoms with Crippen molar-refractivity contribution in [2.45, 2.75) is 19.9 Å². The lowest BCUT2D eigenvalue weighted by Gasteiger charge is -2.33. The van der Waals surface area contributed by atoms with Crippen LogP contribution in [0.3, 0.4) is 0 Å². The van der Waals surface area contributed by atoms with Crippen LogP contribution in [0.25, 0.3) is 0 Å². The van der Waals surface area contributed by atoms with Crippen LogP contribution in [0.4, 0.5) is 0 Å². The first-order chi connectivity index (χ1) is 9.51. The summed E-state index contributed by atoms with van der Waals surface area (Å²) < 4.78 is 5.09. The molecule has 0 bridgehead atoms. The van der Waals surface area contributed by atoms with Crippen molar-refractivity contribution in [3.05, 3.63) is 23.7 Å². The number of carbonyl (C=O) groups is 3. The van der Waals surface area contributed by atoms with E-state index in [1.807, 2.05) is 6.92 Å². The topological polar surface area (TPSA) is 91.1 Å². The van der Waals surface area contributed by atoms with Gasteiger partial charge in [-0.25, -0.2) is 4.79 Å². The Morgan fingerprint density at radius 3 is 2.50 bits per heavy atom. The highest BCUT2D eigenvalue weighted by Crippen LogP contribution is 2.14. The second-order valence-electron chi connectivity index (χ2n) is 4.64. The maximum absolute atomic E-state index is 11.9. The molecule has 0 spiro atoms. The summed E-state index contributed by atoms with van der Waals surface area (Å²) in [6.45, 7) is 2.70. The molecule has 1 aliphatic rings. The van der Waals surface area contributed by atoms with Crippen LogP contribution < -0.4 is 0 Å². The third-order valence-electron chi connectivity index (χ3n) is 3.07. The van der Waals surface area contributed by atoms with E-state index in [1.165, 1.54) is 21.9 Å². The average molecular weight is 280 g/mol. The molecule has 1 N–H and O–H groups in total. The van der Waals surface area contributed by atoms with Gasteiger partial charge in [0, 0.05) is 6.54 Å². The van der Waals surface area contributed by atoms with Gasteiger partial charge in [-0.05, 0) is 18.6 Å². The molecule has 2 rings (SSSR count). The molecule has 1 fully saturated rings. The molecule has 1 aromatic rings. The summed E-state index contributed by atoms with van der Waals surface area (Å²) in [6, 6.07) is 2.83. The lowest BCUT2D eigenvalue weighted by Crippen LogP contribution is -2.53. The normalized spacial score (nSPS) is 15.8. The molecule has 7 heteroatoms. The molecule has 108 valence electrons. The van der Waals surface area contributed by atoms with Crippen molar-refractivity contribution in [3.8, 4) is 0 Å². The van der Waals surface area contributed by atoms with E-state index in [9.17, 15) is 14.4 Å². The van der Waals surface area contributed by atoms with Gasteiger partial charge >= 0.3 is 5.97 Å². The van der Waals surface area contributed by atoms with Gasteiger partial charge in [-0.15, -0.1) is 0 Å². The Kier molecular flexibility index (Phi) is 4.07. The quantitative estimate of drug-likeness (QED) is 0.851. The van der Waals surface area contributed by atoms with Gasteiger partial charge in [0.15, 0.2) is 0 Å². The molecule has 1 aliphatic heterocycles. The summed E-state index contributed by atoms with van der Waals surface area (Å²) in [5, 5.41) is 8.76. The van der Waals surface area contributed by atoms with Gasteiger partial charge in [0.1, 0.15) is 12.3 Å². The number of nitrogens with zero attached hydrogens (tertiary/aromatic N) is 2. The van der Waals surface area contributed by atoms with Crippen molar-refractivity contribution in [3.63, 3.8) is 0 Å². The first kappa shape index (κ1) is 14.1. The molecule has 0 radical (unpaired) electrons. The van der Waals surface area contributed by atoms with E-state index >= 15 is 0 Å². The van der Waals surface area contributed by atoms with Crippen molar-refractivity contribution >= 4 is 17.8 Å². The number of aromatic carboxylic acids is 1. The van der Waals surface area contributed by atoms with Gasteiger partial charge in [0.05, 0.1) is 13.1 Å². The van der Waals surface area contributed by atoms with E-state index < -0.39 is 5.97 Å². The van der Waals surface area contributed by atoms with Crippen LogP contribution in [0.5, 0.6) is 0 Å². The SMILES string of the molecule is CCCN1CC(=O)N(Cc2ccc(C(=O)O)o2)CC1=O.